The Labute approximate surface area is 127 Å². The number of fused-ring (bicyclic) bond motifs is 2. The molecule has 5 unspecified atom stereocenters. The largest absolute Gasteiger partial charge is 0.0907 e. The molecule has 0 amide bonds. The molecule has 5 atom stereocenters. The van der Waals surface area contributed by atoms with Crippen molar-refractivity contribution in [3.05, 3.63) is 41.8 Å². The molecule has 0 saturated heterocycles. The molecular weight excluding hydrogens is 264 g/mol. The van der Waals surface area contributed by atoms with Gasteiger partial charge in [0.25, 0.3) is 0 Å². The van der Waals surface area contributed by atoms with E-state index in [2.05, 4.69) is 31.2 Å². The van der Waals surface area contributed by atoms with Gasteiger partial charge in [0.2, 0.25) is 0 Å². The Balaban J connectivity index is 1.60. The van der Waals surface area contributed by atoms with Crippen LogP contribution in [0.2, 0.25) is 5.02 Å². The summed E-state index contributed by atoms with van der Waals surface area (Å²) >= 11 is 6.04. The molecule has 3 aliphatic rings. The second-order valence-electron chi connectivity index (χ2n) is 7.70. The van der Waals surface area contributed by atoms with E-state index in [1.54, 1.807) is 0 Å². The summed E-state index contributed by atoms with van der Waals surface area (Å²) in [6.45, 7) is 4.28. The van der Waals surface area contributed by atoms with Crippen molar-refractivity contribution in [2.45, 2.75) is 50.9 Å². The van der Waals surface area contributed by atoms with E-state index in [1.807, 2.05) is 0 Å². The Morgan fingerprint density at radius 1 is 1.00 bits per heavy atom. The van der Waals surface area contributed by atoms with Crippen LogP contribution in [0.4, 0.5) is 0 Å². The van der Waals surface area contributed by atoms with Crippen molar-refractivity contribution in [2.24, 2.45) is 23.2 Å². The molecule has 1 aromatic carbocycles. The van der Waals surface area contributed by atoms with Gasteiger partial charge in [-0.25, -0.2) is 0 Å². The molecule has 1 aromatic rings. The number of halogens is 1. The molecule has 0 nitrogen and oxygen atoms in total. The zero-order valence-electron chi connectivity index (χ0n) is 12.2. The monoisotopic (exact) mass is 287 g/mol. The summed E-state index contributed by atoms with van der Waals surface area (Å²) in [5.74, 6) is 3.69. The van der Waals surface area contributed by atoms with Crippen molar-refractivity contribution in [2.75, 3.05) is 0 Å². The normalized spacial score (nSPS) is 42.6. The number of rotatable bonds is 2. The van der Waals surface area contributed by atoms with Crippen molar-refractivity contribution in [3.63, 3.8) is 0 Å². The average molecular weight is 288 g/mol. The fourth-order valence-electron chi connectivity index (χ4n) is 5.73. The Hall–Kier alpha value is -0.620. The van der Waals surface area contributed by atoms with Gasteiger partial charge in [-0.15, -0.1) is 0 Å². The van der Waals surface area contributed by atoms with E-state index in [4.69, 9.17) is 11.6 Å². The SMILES string of the molecule is [CH2+]CC12CC3CC(c4ccc(Cl)cc4)CC(C1)C(C3)C2. The summed E-state index contributed by atoms with van der Waals surface area (Å²) in [6, 6.07) is 8.65. The topological polar surface area (TPSA) is 0 Å². The van der Waals surface area contributed by atoms with Crippen molar-refractivity contribution >= 4 is 11.6 Å². The fraction of sp³-hybridized carbons (Fsp3) is 0.632. The van der Waals surface area contributed by atoms with Gasteiger partial charge in [0, 0.05) is 10.4 Å². The van der Waals surface area contributed by atoms with E-state index in [0.717, 1.165) is 28.7 Å². The van der Waals surface area contributed by atoms with Gasteiger partial charge in [0.15, 0.2) is 0 Å². The van der Waals surface area contributed by atoms with Crippen molar-refractivity contribution in [1.29, 1.82) is 0 Å². The summed E-state index contributed by atoms with van der Waals surface area (Å²) in [5.41, 5.74) is 2.15. The molecule has 3 saturated carbocycles. The van der Waals surface area contributed by atoms with Crippen LogP contribution in [0.1, 0.15) is 56.4 Å². The molecule has 0 aromatic heterocycles. The minimum Gasteiger partial charge on any atom is -0.0843 e. The molecule has 0 heterocycles. The Morgan fingerprint density at radius 3 is 2.40 bits per heavy atom. The molecule has 3 bridgehead atoms. The van der Waals surface area contributed by atoms with Crippen LogP contribution in [0.3, 0.4) is 0 Å². The quantitative estimate of drug-likeness (QED) is 0.597. The van der Waals surface area contributed by atoms with Crippen LogP contribution >= 0.6 is 11.6 Å². The maximum atomic E-state index is 6.04. The molecule has 0 aliphatic heterocycles. The van der Waals surface area contributed by atoms with E-state index in [1.165, 1.54) is 50.5 Å². The molecular formula is C19H24Cl+. The second kappa shape index (κ2) is 4.70. The van der Waals surface area contributed by atoms with Crippen LogP contribution in [0.15, 0.2) is 24.3 Å². The van der Waals surface area contributed by atoms with E-state index >= 15 is 0 Å². The standard InChI is InChI=1S/C19H24Cl/c1-2-19-10-13-7-15(14-3-5-18(20)6-4-14)9-17(12-19)16(8-13)11-19/h3-6,13,15-17H,1-2,7-12H2/q+1. The zero-order chi connectivity index (χ0) is 13.7. The van der Waals surface area contributed by atoms with E-state index < -0.39 is 0 Å². The smallest absolute Gasteiger partial charge is 0.0843 e. The van der Waals surface area contributed by atoms with Crippen LogP contribution in [-0.4, -0.2) is 0 Å². The van der Waals surface area contributed by atoms with Crippen molar-refractivity contribution in [1.82, 2.24) is 0 Å². The first-order valence-corrected chi connectivity index (χ1v) is 8.60. The molecule has 4 rings (SSSR count). The first kappa shape index (κ1) is 13.1. The third kappa shape index (κ3) is 2.08. The molecule has 3 fully saturated rings. The lowest BCUT2D eigenvalue weighted by molar-refractivity contribution is 0.145. The molecule has 0 N–H and O–H groups in total. The number of hydrogen-bond acceptors (Lipinski definition) is 0. The van der Waals surface area contributed by atoms with Gasteiger partial charge in [-0.3, -0.25) is 0 Å². The first-order valence-electron chi connectivity index (χ1n) is 8.22. The van der Waals surface area contributed by atoms with E-state index in [0.29, 0.717) is 5.41 Å². The molecule has 3 aliphatic carbocycles. The minimum atomic E-state index is 0.628. The maximum absolute atomic E-state index is 6.04. The van der Waals surface area contributed by atoms with Crippen LogP contribution in [0.5, 0.6) is 0 Å². The molecule has 0 radical (unpaired) electrons. The molecule has 1 heteroatoms. The molecule has 20 heavy (non-hydrogen) atoms. The van der Waals surface area contributed by atoms with Gasteiger partial charge < -0.3 is 0 Å². The van der Waals surface area contributed by atoms with Crippen LogP contribution in [-0.2, 0) is 0 Å². The number of hydrogen-bond donors (Lipinski definition) is 0. The highest BCUT2D eigenvalue weighted by Crippen LogP contribution is 2.63. The average Bonchev–Trinajstić information content (AvgIpc) is 2.62. The van der Waals surface area contributed by atoms with Gasteiger partial charge in [0.1, 0.15) is 0 Å². The van der Waals surface area contributed by atoms with Gasteiger partial charge in [-0.1, -0.05) is 23.7 Å². The molecule has 106 valence electrons. The van der Waals surface area contributed by atoms with Crippen LogP contribution in [0.25, 0.3) is 0 Å². The van der Waals surface area contributed by atoms with Gasteiger partial charge >= 0.3 is 0 Å². The highest BCUT2D eigenvalue weighted by atomic mass is 35.5. The van der Waals surface area contributed by atoms with Gasteiger partial charge in [0.05, 0.1) is 13.3 Å². The van der Waals surface area contributed by atoms with E-state index in [-0.39, 0.29) is 0 Å². The summed E-state index contributed by atoms with van der Waals surface area (Å²) in [5, 5.41) is 0.862. The predicted octanol–water partition coefficient (Wildman–Crippen LogP) is 5.86. The Bertz CT molecular complexity index is 487. The summed E-state index contributed by atoms with van der Waals surface area (Å²) < 4.78 is 0. The third-order valence-electron chi connectivity index (χ3n) is 6.49. The third-order valence-corrected chi connectivity index (χ3v) is 6.74. The van der Waals surface area contributed by atoms with E-state index in [9.17, 15) is 0 Å². The van der Waals surface area contributed by atoms with Crippen molar-refractivity contribution in [3.8, 4) is 0 Å². The summed E-state index contributed by atoms with van der Waals surface area (Å²) in [7, 11) is 0. The lowest BCUT2D eigenvalue weighted by Crippen LogP contribution is -2.26. The first-order chi connectivity index (χ1) is 9.67. The van der Waals surface area contributed by atoms with Crippen molar-refractivity contribution < 1.29 is 0 Å². The summed E-state index contributed by atoms with van der Waals surface area (Å²) in [6.07, 6.45) is 9.86. The summed E-state index contributed by atoms with van der Waals surface area (Å²) in [4.78, 5) is 0. The lowest BCUT2D eigenvalue weighted by Gasteiger charge is -2.36. The van der Waals surface area contributed by atoms with Crippen LogP contribution in [0, 0.1) is 30.1 Å². The van der Waals surface area contributed by atoms with Gasteiger partial charge in [-0.2, -0.15) is 0 Å². The Kier molecular flexibility index (Phi) is 3.07. The highest BCUT2D eigenvalue weighted by Gasteiger charge is 2.53. The maximum Gasteiger partial charge on any atom is 0.0907 e. The predicted molar refractivity (Wildman–Crippen MR) is 84.8 cm³/mol. The highest BCUT2D eigenvalue weighted by molar-refractivity contribution is 6.30. The zero-order valence-corrected chi connectivity index (χ0v) is 12.9. The minimum absolute atomic E-state index is 0.628. The Morgan fingerprint density at radius 2 is 1.70 bits per heavy atom. The number of benzene rings is 1. The van der Waals surface area contributed by atoms with Crippen LogP contribution < -0.4 is 0 Å². The second-order valence-corrected chi connectivity index (χ2v) is 8.14. The fourth-order valence-corrected chi connectivity index (χ4v) is 5.85. The molecule has 0 spiro atoms. The lowest BCUT2D eigenvalue weighted by atomic mass is 9.67. The van der Waals surface area contributed by atoms with Gasteiger partial charge in [-0.05, 0) is 79.9 Å².